The number of nitrogens with zero attached hydrogens (tertiary/aromatic N) is 1. The van der Waals surface area contributed by atoms with Crippen molar-refractivity contribution in [3.8, 4) is 0 Å². The maximum atomic E-state index is 11.2. The fraction of sp³-hybridized carbons (Fsp3) is 0.333. The van der Waals surface area contributed by atoms with Crippen LogP contribution in [0.1, 0.15) is 11.3 Å². The van der Waals surface area contributed by atoms with Crippen molar-refractivity contribution in [1.29, 1.82) is 0 Å². The molecule has 0 aliphatic carbocycles. The lowest BCUT2D eigenvalue weighted by Crippen LogP contribution is -2.26. The minimum atomic E-state index is -0.326. The highest BCUT2D eigenvalue weighted by molar-refractivity contribution is 7.09. The zero-order chi connectivity index (χ0) is 9.26. The number of hydrogen-bond acceptors (Lipinski definition) is 3. The van der Waals surface area contributed by atoms with Crippen LogP contribution < -0.4 is 0 Å². The van der Waals surface area contributed by atoms with Crippen molar-refractivity contribution >= 4 is 23.0 Å². The van der Waals surface area contributed by atoms with Gasteiger partial charge in [0.15, 0.2) is 0 Å². The molecular weight excluding hydrogens is 186 g/mol. The molecule has 1 aliphatic rings. The van der Waals surface area contributed by atoms with E-state index in [-0.39, 0.29) is 11.7 Å². The lowest BCUT2D eigenvalue weighted by Gasteiger charge is -2.12. The summed E-state index contributed by atoms with van der Waals surface area (Å²) >= 11 is 1.61. The van der Waals surface area contributed by atoms with Crippen molar-refractivity contribution in [3.63, 3.8) is 0 Å². The first-order valence-corrected chi connectivity index (χ1v) is 5.00. The van der Waals surface area contributed by atoms with Crippen molar-refractivity contribution in [3.05, 3.63) is 22.4 Å². The topological polar surface area (TPSA) is 37.4 Å². The number of rotatable bonds is 2. The molecule has 68 valence electrons. The monoisotopic (exact) mass is 195 g/mol. The summed E-state index contributed by atoms with van der Waals surface area (Å²) in [6, 6.07) is 3.92. The number of hydrogen-bond donors (Lipinski definition) is 0. The van der Waals surface area contributed by atoms with Gasteiger partial charge in [-0.25, -0.2) is 0 Å². The van der Waals surface area contributed by atoms with Crippen molar-refractivity contribution in [2.75, 3.05) is 6.54 Å². The third-order valence-electron chi connectivity index (χ3n) is 2.06. The Bertz CT molecular complexity index is 331. The predicted octanol–water partition coefficient (Wildman–Crippen LogP) is 1.05. The van der Waals surface area contributed by atoms with Gasteiger partial charge in [-0.3, -0.25) is 9.59 Å². The summed E-state index contributed by atoms with van der Waals surface area (Å²) in [5.74, 6) is -0.579. The average Bonchev–Trinajstić information content (AvgIpc) is 2.71. The summed E-state index contributed by atoms with van der Waals surface area (Å²) in [4.78, 5) is 24.9. The zero-order valence-corrected chi connectivity index (χ0v) is 7.84. The molecule has 1 aromatic heterocycles. The highest BCUT2D eigenvalue weighted by atomic mass is 32.1. The summed E-state index contributed by atoms with van der Waals surface area (Å²) in [5, 5.41) is 1.97. The van der Waals surface area contributed by atoms with Crippen LogP contribution in [0.4, 0.5) is 0 Å². The Morgan fingerprint density at radius 3 is 2.85 bits per heavy atom. The standard InChI is InChI=1S/C9H9NO2S/c11-8-3-4-10(9(8)12)6-7-2-1-5-13-7/h1-2,5H,3-4,6H2. The molecule has 0 saturated carbocycles. The molecule has 2 rings (SSSR count). The number of ketones is 1. The molecule has 0 N–H and O–H groups in total. The van der Waals surface area contributed by atoms with E-state index in [9.17, 15) is 9.59 Å². The summed E-state index contributed by atoms with van der Waals surface area (Å²) in [5.41, 5.74) is 0. The van der Waals surface area contributed by atoms with Gasteiger partial charge in [0.25, 0.3) is 5.91 Å². The van der Waals surface area contributed by atoms with Gasteiger partial charge in [0.05, 0.1) is 6.54 Å². The van der Waals surface area contributed by atoms with Crippen LogP contribution in [0.3, 0.4) is 0 Å². The molecule has 3 nitrogen and oxygen atoms in total. The molecule has 2 heterocycles. The van der Waals surface area contributed by atoms with Crippen LogP contribution in [-0.2, 0) is 16.1 Å². The minimum absolute atomic E-state index is 0.253. The van der Waals surface area contributed by atoms with Crippen molar-refractivity contribution < 1.29 is 9.59 Å². The maximum absolute atomic E-state index is 11.2. The fourth-order valence-electron chi connectivity index (χ4n) is 1.36. The summed E-state index contributed by atoms with van der Waals surface area (Å²) in [7, 11) is 0. The Morgan fingerprint density at radius 2 is 2.31 bits per heavy atom. The number of carbonyl (C=O) groups is 2. The predicted molar refractivity (Wildman–Crippen MR) is 49.4 cm³/mol. The van der Waals surface area contributed by atoms with Crippen LogP contribution in [0.2, 0.25) is 0 Å². The molecule has 0 spiro atoms. The van der Waals surface area contributed by atoms with Gasteiger partial charge in [0, 0.05) is 17.8 Å². The van der Waals surface area contributed by atoms with E-state index in [0.717, 1.165) is 4.88 Å². The molecule has 0 bridgehead atoms. The fourth-order valence-corrected chi connectivity index (χ4v) is 2.08. The van der Waals surface area contributed by atoms with Gasteiger partial charge < -0.3 is 4.90 Å². The molecule has 0 unspecified atom stereocenters. The second kappa shape index (κ2) is 3.30. The van der Waals surface area contributed by atoms with Crippen LogP contribution in [0.5, 0.6) is 0 Å². The Labute approximate surface area is 80.0 Å². The zero-order valence-electron chi connectivity index (χ0n) is 7.03. The van der Waals surface area contributed by atoms with Gasteiger partial charge in [0.1, 0.15) is 0 Å². The van der Waals surface area contributed by atoms with E-state index in [1.165, 1.54) is 0 Å². The Kier molecular flexibility index (Phi) is 2.14. The van der Waals surface area contributed by atoms with E-state index in [1.807, 2.05) is 17.5 Å². The molecule has 13 heavy (non-hydrogen) atoms. The van der Waals surface area contributed by atoms with Gasteiger partial charge in [0.2, 0.25) is 5.78 Å². The van der Waals surface area contributed by atoms with Crippen LogP contribution in [-0.4, -0.2) is 23.1 Å². The smallest absolute Gasteiger partial charge is 0.290 e. The SMILES string of the molecule is O=C1CCN(Cc2cccs2)C1=O. The number of likely N-dealkylation sites (tertiary alicyclic amines) is 1. The Morgan fingerprint density at radius 1 is 1.46 bits per heavy atom. The molecule has 0 atom stereocenters. The lowest BCUT2D eigenvalue weighted by molar-refractivity contribution is -0.140. The maximum Gasteiger partial charge on any atom is 0.290 e. The Hall–Kier alpha value is -1.16. The van der Waals surface area contributed by atoms with Crippen molar-refractivity contribution in [1.82, 2.24) is 4.90 Å². The van der Waals surface area contributed by atoms with Crippen LogP contribution in [0, 0.1) is 0 Å². The van der Waals surface area contributed by atoms with Crippen LogP contribution in [0.15, 0.2) is 17.5 Å². The van der Waals surface area contributed by atoms with E-state index in [0.29, 0.717) is 19.5 Å². The van der Waals surface area contributed by atoms with Gasteiger partial charge in [-0.2, -0.15) is 0 Å². The second-order valence-corrected chi connectivity index (χ2v) is 4.01. The Balaban J connectivity index is 2.04. The van der Waals surface area contributed by atoms with E-state index in [2.05, 4.69) is 0 Å². The molecule has 0 aromatic carbocycles. The molecule has 1 aromatic rings. The van der Waals surface area contributed by atoms with E-state index in [1.54, 1.807) is 16.2 Å². The highest BCUT2D eigenvalue weighted by Gasteiger charge is 2.28. The van der Waals surface area contributed by atoms with E-state index < -0.39 is 0 Å². The number of carbonyl (C=O) groups excluding carboxylic acids is 2. The quantitative estimate of drug-likeness (QED) is 0.661. The second-order valence-electron chi connectivity index (χ2n) is 2.98. The molecule has 1 saturated heterocycles. The summed E-state index contributed by atoms with van der Waals surface area (Å²) in [6.45, 7) is 1.16. The lowest BCUT2D eigenvalue weighted by atomic mass is 10.3. The third-order valence-corrected chi connectivity index (χ3v) is 2.92. The van der Waals surface area contributed by atoms with Crippen molar-refractivity contribution in [2.24, 2.45) is 0 Å². The first-order valence-electron chi connectivity index (χ1n) is 4.12. The van der Waals surface area contributed by atoms with E-state index in [4.69, 9.17) is 0 Å². The van der Waals surface area contributed by atoms with E-state index >= 15 is 0 Å². The highest BCUT2D eigenvalue weighted by Crippen LogP contribution is 2.15. The summed E-state index contributed by atoms with van der Waals surface area (Å²) in [6.07, 6.45) is 0.379. The van der Waals surface area contributed by atoms with Crippen LogP contribution >= 0.6 is 11.3 Å². The molecule has 1 fully saturated rings. The largest absolute Gasteiger partial charge is 0.331 e. The normalized spacial score (nSPS) is 17.1. The first kappa shape index (κ1) is 8.44. The number of Topliss-reactive ketones (excluding diaryl/α,β-unsaturated/α-hetero) is 1. The average molecular weight is 195 g/mol. The molecule has 1 amide bonds. The van der Waals surface area contributed by atoms with Gasteiger partial charge in [-0.15, -0.1) is 11.3 Å². The molecular formula is C9H9NO2S. The number of amides is 1. The van der Waals surface area contributed by atoms with Crippen molar-refractivity contribution in [2.45, 2.75) is 13.0 Å². The molecule has 0 radical (unpaired) electrons. The first-order chi connectivity index (χ1) is 6.27. The number of thiophene rings is 1. The third kappa shape index (κ3) is 1.62. The minimum Gasteiger partial charge on any atom is -0.331 e. The summed E-state index contributed by atoms with van der Waals surface area (Å²) < 4.78 is 0. The van der Waals surface area contributed by atoms with Gasteiger partial charge in [-0.05, 0) is 11.4 Å². The molecule has 4 heteroatoms. The van der Waals surface area contributed by atoms with Gasteiger partial charge >= 0.3 is 0 Å². The van der Waals surface area contributed by atoms with Crippen LogP contribution in [0.25, 0.3) is 0 Å². The molecule has 1 aliphatic heterocycles. The van der Waals surface area contributed by atoms with Gasteiger partial charge in [-0.1, -0.05) is 6.07 Å².